The van der Waals surface area contributed by atoms with Crippen LogP contribution in [0.3, 0.4) is 0 Å². The number of ether oxygens (including phenoxy) is 1. The number of aryl methyl sites for hydroxylation is 1. The second-order valence-corrected chi connectivity index (χ2v) is 2.95. The fourth-order valence-electron chi connectivity index (χ4n) is 1.18. The van der Waals surface area contributed by atoms with Crippen LogP contribution in [0, 0.1) is 6.92 Å². The number of H-pyrrole nitrogens is 1. The van der Waals surface area contributed by atoms with Gasteiger partial charge in [0.2, 0.25) is 0 Å². The number of rotatable bonds is 2. The van der Waals surface area contributed by atoms with Gasteiger partial charge in [-0.15, -0.1) is 0 Å². The lowest BCUT2D eigenvalue weighted by Crippen LogP contribution is -1.83. The molecule has 0 bridgehead atoms. The smallest absolute Gasteiger partial charge is 0.197 e. The standard InChI is InChI=1S/C11H11NO/c1-9-4-2-5-10(8-9)13-11-6-3-7-12-11/h2-8,12H,1H3. The first-order valence-electron chi connectivity index (χ1n) is 4.22. The Labute approximate surface area is 77.2 Å². The van der Waals surface area contributed by atoms with Gasteiger partial charge in [-0.05, 0) is 30.7 Å². The second-order valence-electron chi connectivity index (χ2n) is 2.95. The fraction of sp³-hybridized carbons (Fsp3) is 0.0909. The summed E-state index contributed by atoms with van der Waals surface area (Å²) in [6, 6.07) is 11.8. The molecule has 13 heavy (non-hydrogen) atoms. The van der Waals surface area contributed by atoms with Crippen LogP contribution in [-0.4, -0.2) is 4.98 Å². The van der Waals surface area contributed by atoms with Crippen LogP contribution in [0.1, 0.15) is 5.56 Å². The first-order valence-corrected chi connectivity index (χ1v) is 4.22. The molecule has 0 aliphatic rings. The van der Waals surface area contributed by atoms with Crippen molar-refractivity contribution in [3.05, 3.63) is 48.2 Å². The molecule has 0 unspecified atom stereocenters. The predicted molar refractivity (Wildman–Crippen MR) is 52.0 cm³/mol. The van der Waals surface area contributed by atoms with Gasteiger partial charge in [-0.1, -0.05) is 12.1 Å². The Kier molecular flexibility index (Phi) is 2.04. The van der Waals surface area contributed by atoms with E-state index >= 15 is 0 Å². The van der Waals surface area contributed by atoms with Crippen LogP contribution in [0.5, 0.6) is 11.6 Å². The third kappa shape index (κ3) is 1.90. The molecule has 1 heterocycles. The van der Waals surface area contributed by atoms with Crippen LogP contribution >= 0.6 is 0 Å². The number of aromatic nitrogens is 1. The van der Waals surface area contributed by atoms with Gasteiger partial charge in [0.15, 0.2) is 5.88 Å². The predicted octanol–water partition coefficient (Wildman–Crippen LogP) is 3.12. The molecule has 0 atom stereocenters. The third-order valence-corrected chi connectivity index (χ3v) is 1.79. The Bertz CT molecular complexity index is 379. The van der Waals surface area contributed by atoms with E-state index < -0.39 is 0 Å². The van der Waals surface area contributed by atoms with Crippen molar-refractivity contribution in [2.24, 2.45) is 0 Å². The molecule has 0 spiro atoms. The minimum Gasteiger partial charge on any atom is -0.441 e. The lowest BCUT2D eigenvalue weighted by molar-refractivity contribution is 0.466. The van der Waals surface area contributed by atoms with E-state index in [1.807, 2.05) is 49.5 Å². The monoisotopic (exact) mass is 173 g/mol. The van der Waals surface area contributed by atoms with Gasteiger partial charge in [-0.3, -0.25) is 0 Å². The zero-order chi connectivity index (χ0) is 9.10. The van der Waals surface area contributed by atoms with E-state index in [9.17, 15) is 0 Å². The van der Waals surface area contributed by atoms with Crippen LogP contribution in [-0.2, 0) is 0 Å². The summed E-state index contributed by atoms with van der Waals surface area (Å²) in [4.78, 5) is 2.98. The number of benzene rings is 1. The van der Waals surface area contributed by atoms with Crippen molar-refractivity contribution in [1.29, 1.82) is 0 Å². The topological polar surface area (TPSA) is 25.0 Å². The van der Waals surface area contributed by atoms with Crippen LogP contribution in [0.15, 0.2) is 42.6 Å². The van der Waals surface area contributed by atoms with E-state index in [1.54, 1.807) is 0 Å². The maximum absolute atomic E-state index is 5.54. The van der Waals surface area contributed by atoms with Crippen molar-refractivity contribution in [3.8, 4) is 11.6 Å². The van der Waals surface area contributed by atoms with Crippen LogP contribution in [0.2, 0.25) is 0 Å². The summed E-state index contributed by atoms with van der Waals surface area (Å²) in [7, 11) is 0. The lowest BCUT2D eigenvalue weighted by atomic mass is 10.2. The minimum absolute atomic E-state index is 0.769. The summed E-state index contributed by atoms with van der Waals surface area (Å²) >= 11 is 0. The molecular weight excluding hydrogens is 162 g/mol. The highest BCUT2D eigenvalue weighted by atomic mass is 16.5. The molecule has 66 valence electrons. The fourth-order valence-corrected chi connectivity index (χ4v) is 1.18. The van der Waals surface area contributed by atoms with Gasteiger partial charge < -0.3 is 9.72 Å². The zero-order valence-corrected chi connectivity index (χ0v) is 7.45. The summed E-state index contributed by atoms with van der Waals surface area (Å²) < 4.78 is 5.54. The van der Waals surface area contributed by atoms with Gasteiger partial charge in [0.25, 0.3) is 0 Å². The van der Waals surface area contributed by atoms with Crippen molar-refractivity contribution in [2.75, 3.05) is 0 Å². The highest BCUT2D eigenvalue weighted by Gasteiger charge is 1.95. The highest BCUT2D eigenvalue weighted by molar-refractivity contribution is 5.30. The normalized spacial score (nSPS) is 9.92. The Morgan fingerprint density at radius 3 is 2.77 bits per heavy atom. The molecule has 0 aliphatic carbocycles. The Balaban J connectivity index is 2.19. The van der Waals surface area contributed by atoms with Gasteiger partial charge >= 0.3 is 0 Å². The average Bonchev–Trinajstić information content (AvgIpc) is 2.57. The number of hydrogen-bond donors (Lipinski definition) is 1. The molecule has 2 heteroatoms. The van der Waals surface area contributed by atoms with Crippen LogP contribution in [0.25, 0.3) is 0 Å². The molecule has 1 aromatic heterocycles. The molecule has 0 amide bonds. The lowest BCUT2D eigenvalue weighted by Gasteiger charge is -2.02. The summed E-state index contributed by atoms with van der Waals surface area (Å²) in [5.41, 5.74) is 1.20. The average molecular weight is 173 g/mol. The molecule has 2 rings (SSSR count). The molecule has 2 nitrogen and oxygen atoms in total. The van der Waals surface area contributed by atoms with Gasteiger partial charge in [0.1, 0.15) is 5.75 Å². The van der Waals surface area contributed by atoms with Gasteiger partial charge in [-0.2, -0.15) is 0 Å². The van der Waals surface area contributed by atoms with Crippen LogP contribution < -0.4 is 4.74 Å². The van der Waals surface area contributed by atoms with Crippen molar-refractivity contribution >= 4 is 0 Å². The van der Waals surface area contributed by atoms with E-state index in [0.29, 0.717) is 0 Å². The maximum Gasteiger partial charge on any atom is 0.197 e. The van der Waals surface area contributed by atoms with Crippen molar-refractivity contribution in [2.45, 2.75) is 6.92 Å². The Morgan fingerprint density at radius 1 is 1.15 bits per heavy atom. The summed E-state index contributed by atoms with van der Waals surface area (Å²) in [5, 5.41) is 0. The van der Waals surface area contributed by atoms with E-state index in [1.165, 1.54) is 5.56 Å². The summed E-state index contributed by atoms with van der Waals surface area (Å²) in [6.45, 7) is 2.04. The molecule has 1 N–H and O–H groups in total. The van der Waals surface area contributed by atoms with Crippen molar-refractivity contribution in [3.63, 3.8) is 0 Å². The SMILES string of the molecule is Cc1cccc(Oc2ccc[nH]2)c1. The minimum atomic E-state index is 0.769. The Morgan fingerprint density at radius 2 is 2.08 bits per heavy atom. The van der Waals surface area contributed by atoms with Crippen molar-refractivity contribution in [1.82, 2.24) is 4.98 Å². The number of nitrogens with one attached hydrogen (secondary N) is 1. The number of aromatic amines is 1. The van der Waals surface area contributed by atoms with Gasteiger partial charge in [-0.25, -0.2) is 0 Å². The first-order chi connectivity index (χ1) is 6.34. The quantitative estimate of drug-likeness (QED) is 0.741. The second kappa shape index (κ2) is 3.35. The molecule has 2 aromatic rings. The highest BCUT2D eigenvalue weighted by Crippen LogP contribution is 2.19. The Hall–Kier alpha value is -1.70. The molecule has 0 fully saturated rings. The van der Waals surface area contributed by atoms with E-state index in [4.69, 9.17) is 4.74 Å². The van der Waals surface area contributed by atoms with E-state index in [0.717, 1.165) is 11.6 Å². The molecule has 0 saturated carbocycles. The maximum atomic E-state index is 5.54. The molecule has 1 aromatic carbocycles. The molecule has 0 radical (unpaired) electrons. The summed E-state index contributed by atoms with van der Waals surface area (Å²) in [5.74, 6) is 1.63. The van der Waals surface area contributed by atoms with E-state index in [2.05, 4.69) is 4.98 Å². The zero-order valence-electron chi connectivity index (χ0n) is 7.45. The summed E-state index contributed by atoms with van der Waals surface area (Å²) in [6.07, 6.45) is 1.84. The van der Waals surface area contributed by atoms with Crippen LogP contribution in [0.4, 0.5) is 0 Å². The number of hydrogen-bond acceptors (Lipinski definition) is 1. The largest absolute Gasteiger partial charge is 0.441 e. The van der Waals surface area contributed by atoms with Crippen molar-refractivity contribution < 1.29 is 4.74 Å². The molecular formula is C11H11NO. The first kappa shape index (κ1) is 7.92. The molecule has 0 aliphatic heterocycles. The van der Waals surface area contributed by atoms with E-state index in [-0.39, 0.29) is 0 Å². The van der Waals surface area contributed by atoms with Gasteiger partial charge in [0.05, 0.1) is 0 Å². The third-order valence-electron chi connectivity index (χ3n) is 1.79. The molecule has 0 saturated heterocycles. The van der Waals surface area contributed by atoms with Gasteiger partial charge in [0, 0.05) is 12.3 Å².